The van der Waals surface area contributed by atoms with Gasteiger partial charge in [-0.25, -0.2) is 0 Å². The van der Waals surface area contributed by atoms with Gasteiger partial charge in [0.2, 0.25) is 0 Å². The fourth-order valence-electron chi connectivity index (χ4n) is 1.74. The van der Waals surface area contributed by atoms with Gasteiger partial charge in [-0.2, -0.15) is 0 Å². The average Bonchev–Trinajstić information content (AvgIpc) is 2.81. The molecule has 0 unspecified atom stereocenters. The number of rotatable bonds is 4. The summed E-state index contributed by atoms with van der Waals surface area (Å²) in [6, 6.07) is 10.1. The summed E-state index contributed by atoms with van der Waals surface area (Å²) >= 11 is 7.23. The molecule has 104 valence electrons. The molecule has 0 aliphatic carbocycles. The quantitative estimate of drug-likeness (QED) is 0.941. The van der Waals surface area contributed by atoms with Crippen molar-refractivity contribution in [3.05, 3.63) is 51.2 Å². The summed E-state index contributed by atoms with van der Waals surface area (Å²) in [4.78, 5) is 26.1. The molecule has 0 fully saturated rings. The zero-order chi connectivity index (χ0) is 14.7. The largest absolute Gasteiger partial charge is 0.480 e. The van der Waals surface area contributed by atoms with Crippen molar-refractivity contribution in [1.82, 2.24) is 0 Å². The highest BCUT2D eigenvalue weighted by Gasteiger charge is 2.21. The van der Waals surface area contributed by atoms with Crippen LogP contribution in [0.15, 0.2) is 36.4 Å². The van der Waals surface area contributed by atoms with Gasteiger partial charge in [-0.05, 0) is 37.3 Å². The minimum Gasteiger partial charge on any atom is -0.480 e. The lowest BCUT2D eigenvalue weighted by Gasteiger charge is -2.20. The highest BCUT2D eigenvalue weighted by atomic mass is 35.5. The summed E-state index contributed by atoms with van der Waals surface area (Å²) in [5, 5.41) is 9.44. The minimum atomic E-state index is -1.08. The number of carboxylic acid groups (broad SMARTS) is 1. The summed E-state index contributed by atoms with van der Waals surface area (Å²) < 4.78 is 0. The molecule has 1 N–H and O–H groups in total. The maximum absolute atomic E-state index is 12.4. The van der Waals surface area contributed by atoms with E-state index in [2.05, 4.69) is 0 Å². The molecule has 0 atom stereocenters. The fraction of sp³-hybridized carbons (Fsp3) is 0.143. The van der Waals surface area contributed by atoms with Crippen LogP contribution in [0.2, 0.25) is 5.02 Å². The Morgan fingerprint density at radius 1 is 1.30 bits per heavy atom. The van der Waals surface area contributed by atoms with Gasteiger partial charge < -0.3 is 5.11 Å². The zero-order valence-corrected chi connectivity index (χ0v) is 12.2. The maximum atomic E-state index is 12.4. The normalized spacial score (nSPS) is 10.3. The predicted molar refractivity (Wildman–Crippen MR) is 79.8 cm³/mol. The van der Waals surface area contributed by atoms with E-state index in [-0.39, 0.29) is 5.91 Å². The van der Waals surface area contributed by atoms with E-state index in [4.69, 9.17) is 16.7 Å². The molecule has 0 saturated heterocycles. The number of nitrogens with zero attached hydrogens (tertiary/aromatic N) is 1. The monoisotopic (exact) mass is 309 g/mol. The van der Waals surface area contributed by atoms with Crippen LogP contribution in [-0.4, -0.2) is 23.5 Å². The summed E-state index contributed by atoms with van der Waals surface area (Å²) in [5.74, 6) is -1.42. The number of carbonyl (C=O) groups excluding carboxylic acids is 1. The zero-order valence-electron chi connectivity index (χ0n) is 10.7. The van der Waals surface area contributed by atoms with Crippen LogP contribution < -0.4 is 4.90 Å². The number of anilines is 1. The lowest BCUT2D eigenvalue weighted by molar-refractivity contribution is -0.135. The first-order chi connectivity index (χ1) is 9.47. The van der Waals surface area contributed by atoms with Crippen LogP contribution in [0.1, 0.15) is 14.5 Å². The topological polar surface area (TPSA) is 57.6 Å². The second-order valence-corrected chi connectivity index (χ2v) is 5.90. The molecule has 2 aromatic rings. The number of hydrogen-bond acceptors (Lipinski definition) is 3. The molecule has 0 aliphatic heterocycles. The molecule has 1 heterocycles. The molecule has 0 saturated carbocycles. The molecule has 6 heteroatoms. The van der Waals surface area contributed by atoms with Crippen molar-refractivity contribution in [2.24, 2.45) is 0 Å². The van der Waals surface area contributed by atoms with E-state index in [1.807, 2.05) is 13.0 Å². The van der Waals surface area contributed by atoms with Crippen molar-refractivity contribution in [2.75, 3.05) is 11.4 Å². The first-order valence-corrected chi connectivity index (χ1v) is 7.02. The Bertz CT molecular complexity index is 653. The first-order valence-electron chi connectivity index (χ1n) is 5.83. The van der Waals surface area contributed by atoms with Gasteiger partial charge in [0.15, 0.2) is 0 Å². The number of carbonyl (C=O) groups is 2. The summed E-state index contributed by atoms with van der Waals surface area (Å²) in [7, 11) is 0. The smallest absolute Gasteiger partial charge is 0.323 e. The molecular formula is C14H12ClNO3S. The van der Waals surface area contributed by atoms with Crippen LogP contribution in [0.5, 0.6) is 0 Å². The number of carboxylic acids is 1. The summed E-state index contributed by atoms with van der Waals surface area (Å²) in [6.45, 7) is 1.48. The van der Waals surface area contributed by atoms with E-state index in [9.17, 15) is 9.59 Å². The highest BCUT2D eigenvalue weighted by molar-refractivity contribution is 7.14. The fourth-order valence-corrected chi connectivity index (χ4v) is 2.74. The number of aryl methyl sites for hydroxylation is 1. The minimum absolute atomic E-state index is 0.340. The van der Waals surface area contributed by atoms with Gasteiger partial charge in [0.1, 0.15) is 6.54 Å². The van der Waals surface area contributed by atoms with Gasteiger partial charge in [-0.15, -0.1) is 11.3 Å². The van der Waals surface area contributed by atoms with Gasteiger partial charge in [0.05, 0.1) is 4.88 Å². The molecule has 4 nitrogen and oxygen atoms in total. The van der Waals surface area contributed by atoms with Gasteiger partial charge in [-0.1, -0.05) is 17.7 Å². The van der Waals surface area contributed by atoms with Crippen molar-refractivity contribution in [3.8, 4) is 0 Å². The van der Waals surface area contributed by atoms with Crippen LogP contribution in [0.3, 0.4) is 0 Å². The molecular weight excluding hydrogens is 298 g/mol. The number of halogens is 1. The molecule has 0 bridgehead atoms. The Labute approximate surface area is 125 Å². The average molecular weight is 310 g/mol. The van der Waals surface area contributed by atoms with Crippen molar-refractivity contribution in [2.45, 2.75) is 6.92 Å². The van der Waals surface area contributed by atoms with Crippen LogP contribution in [0.25, 0.3) is 0 Å². The number of benzene rings is 1. The second kappa shape index (κ2) is 6.07. The third-order valence-electron chi connectivity index (χ3n) is 2.61. The molecule has 20 heavy (non-hydrogen) atoms. The molecule has 0 aliphatic rings. The van der Waals surface area contributed by atoms with Crippen molar-refractivity contribution in [3.63, 3.8) is 0 Å². The van der Waals surface area contributed by atoms with E-state index in [1.165, 1.54) is 16.2 Å². The molecule has 0 radical (unpaired) electrons. The SMILES string of the molecule is Cc1ccc(C(=O)N(CC(=O)O)c2cccc(Cl)c2)s1. The number of aliphatic carboxylic acids is 1. The molecule has 0 spiro atoms. The van der Waals surface area contributed by atoms with Gasteiger partial charge in [-0.3, -0.25) is 14.5 Å². The lowest BCUT2D eigenvalue weighted by atomic mass is 10.2. The van der Waals surface area contributed by atoms with E-state index in [0.717, 1.165) is 4.88 Å². The Hall–Kier alpha value is -1.85. The number of hydrogen-bond donors (Lipinski definition) is 1. The van der Waals surface area contributed by atoms with Crippen LogP contribution in [0.4, 0.5) is 5.69 Å². The maximum Gasteiger partial charge on any atom is 0.323 e. The molecule has 1 aromatic heterocycles. The van der Waals surface area contributed by atoms with Gasteiger partial charge >= 0.3 is 5.97 Å². The van der Waals surface area contributed by atoms with E-state index in [0.29, 0.717) is 15.6 Å². The number of thiophene rings is 1. The van der Waals surface area contributed by atoms with Crippen molar-refractivity contribution >= 4 is 40.5 Å². The Balaban J connectivity index is 2.37. The standard InChI is InChI=1S/C14H12ClNO3S/c1-9-5-6-12(20-9)14(19)16(8-13(17)18)11-4-2-3-10(15)7-11/h2-7H,8H2,1H3,(H,17,18). The summed E-state index contributed by atoms with van der Waals surface area (Å²) in [6.07, 6.45) is 0. The third kappa shape index (κ3) is 3.37. The number of amides is 1. The first kappa shape index (κ1) is 14.6. The van der Waals surface area contributed by atoms with E-state index < -0.39 is 12.5 Å². The Morgan fingerprint density at radius 3 is 2.60 bits per heavy atom. The van der Waals surface area contributed by atoms with Crippen LogP contribution >= 0.6 is 22.9 Å². The Kier molecular flexibility index (Phi) is 4.42. The molecule has 2 rings (SSSR count). The van der Waals surface area contributed by atoms with Crippen LogP contribution in [0, 0.1) is 6.92 Å². The molecule has 1 aromatic carbocycles. The Morgan fingerprint density at radius 2 is 2.05 bits per heavy atom. The van der Waals surface area contributed by atoms with Gasteiger partial charge in [0.25, 0.3) is 5.91 Å². The molecule has 1 amide bonds. The van der Waals surface area contributed by atoms with E-state index >= 15 is 0 Å². The van der Waals surface area contributed by atoms with E-state index in [1.54, 1.807) is 30.3 Å². The van der Waals surface area contributed by atoms with Crippen molar-refractivity contribution in [1.29, 1.82) is 0 Å². The third-order valence-corrected chi connectivity index (χ3v) is 3.83. The second-order valence-electron chi connectivity index (χ2n) is 4.18. The summed E-state index contributed by atoms with van der Waals surface area (Å²) in [5.41, 5.74) is 0.468. The van der Waals surface area contributed by atoms with Gasteiger partial charge in [0, 0.05) is 15.6 Å². The van der Waals surface area contributed by atoms with Crippen LogP contribution in [-0.2, 0) is 4.79 Å². The lowest BCUT2D eigenvalue weighted by Crippen LogP contribution is -2.35. The highest BCUT2D eigenvalue weighted by Crippen LogP contribution is 2.24. The predicted octanol–water partition coefficient (Wildman–Crippen LogP) is 3.44. The van der Waals surface area contributed by atoms with Crippen molar-refractivity contribution < 1.29 is 14.7 Å².